The summed E-state index contributed by atoms with van der Waals surface area (Å²) in [4.78, 5) is 28.1. The molecule has 0 radical (unpaired) electrons. The fourth-order valence-corrected chi connectivity index (χ4v) is 30.1. The van der Waals surface area contributed by atoms with Gasteiger partial charge < -0.3 is 0 Å². The average molecular weight is 964 g/mol. The van der Waals surface area contributed by atoms with Crippen molar-refractivity contribution in [3.8, 4) is 22.3 Å². The Kier molecular flexibility index (Phi) is 13.6. The number of carbonyl (C=O) groups is 2. The molecule has 8 rings (SSSR count). The van der Waals surface area contributed by atoms with Gasteiger partial charge in [0, 0.05) is 0 Å². The van der Waals surface area contributed by atoms with Crippen molar-refractivity contribution in [2.24, 2.45) is 0 Å². The van der Waals surface area contributed by atoms with E-state index in [0.717, 1.165) is 68.5 Å². The van der Waals surface area contributed by atoms with Crippen molar-refractivity contribution in [2.75, 3.05) is 0 Å². The molecule has 64 heavy (non-hydrogen) atoms. The van der Waals surface area contributed by atoms with Crippen molar-refractivity contribution >= 4 is 56.7 Å². The van der Waals surface area contributed by atoms with Crippen molar-refractivity contribution in [3.63, 3.8) is 0 Å². The fourth-order valence-electron chi connectivity index (χ4n) is 10.3. The van der Waals surface area contributed by atoms with Crippen LogP contribution in [0.5, 0.6) is 0 Å². The van der Waals surface area contributed by atoms with Gasteiger partial charge >= 0.3 is 392 Å². The third kappa shape index (κ3) is 8.14. The van der Waals surface area contributed by atoms with Crippen LogP contribution in [-0.2, 0) is 25.8 Å². The van der Waals surface area contributed by atoms with Gasteiger partial charge in [0.05, 0.1) is 0 Å². The Bertz CT molecular complexity index is 2580. The minimum atomic E-state index is -6.37. The normalized spacial score (nSPS) is 16.9. The quantitative estimate of drug-likeness (QED) is 0.101. The van der Waals surface area contributed by atoms with Gasteiger partial charge in [-0.3, -0.25) is 0 Å². The molecule has 0 fully saturated rings. The van der Waals surface area contributed by atoms with Crippen LogP contribution in [0.3, 0.4) is 0 Å². The molecule has 0 heterocycles. The van der Waals surface area contributed by atoms with Crippen LogP contribution in [0.15, 0.2) is 146 Å². The van der Waals surface area contributed by atoms with E-state index in [2.05, 4.69) is 184 Å². The van der Waals surface area contributed by atoms with Crippen LogP contribution < -0.4 is 10.5 Å². The number of benzene rings is 6. The summed E-state index contributed by atoms with van der Waals surface area (Å²) in [6.45, 7) is 12.7. The van der Waals surface area contributed by atoms with Crippen LogP contribution in [0.25, 0.3) is 45.6 Å². The van der Waals surface area contributed by atoms with E-state index in [9.17, 15) is 26.6 Å². The number of fused-ring (bicyclic) bond motifs is 2. The van der Waals surface area contributed by atoms with Crippen LogP contribution in [0.1, 0.15) is 131 Å². The molecule has 325 valence electrons. The monoisotopic (exact) mass is 961 g/mol. The summed E-state index contributed by atoms with van der Waals surface area (Å²) in [7, 11) is 18.4. The molecule has 0 spiro atoms. The molecular weight excluding hydrogens is 906 g/mol. The summed E-state index contributed by atoms with van der Waals surface area (Å²) in [5, 5.41) is 6.66. The molecule has 4 nitrogen and oxygen atoms in total. The first-order valence-corrected chi connectivity index (χ1v) is 33.7. The van der Waals surface area contributed by atoms with Gasteiger partial charge in [0.25, 0.3) is 0 Å². The van der Waals surface area contributed by atoms with E-state index < -0.39 is 27.9 Å². The first-order valence-electron chi connectivity index (χ1n) is 23.1. The van der Waals surface area contributed by atoms with Crippen LogP contribution in [0, 0.1) is 0 Å². The molecule has 8 heteroatoms. The summed E-state index contributed by atoms with van der Waals surface area (Å²) in [6.07, 6.45) is 6.98. The average Bonchev–Trinajstić information content (AvgIpc) is 3.95. The topological polar surface area (TPSA) is 58.2 Å². The van der Waals surface area contributed by atoms with E-state index in [1.807, 2.05) is 26.0 Å². The maximum atomic E-state index is 14.1. The first kappa shape index (κ1) is 45.8. The third-order valence-corrected chi connectivity index (χ3v) is 33.7. The van der Waals surface area contributed by atoms with Gasteiger partial charge in [-0.25, -0.2) is 0 Å². The predicted octanol–water partition coefficient (Wildman–Crippen LogP) is 15.0. The molecule has 4 unspecified atom stereocenters. The van der Waals surface area contributed by atoms with E-state index in [1.54, 1.807) is 0 Å². The number of hydrogen-bond donors (Lipinski definition) is 2. The second-order valence-electron chi connectivity index (χ2n) is 17.7. The molecule has 2 aliphatic carbocycles. The summed E-state index contributed by atoms with van der Waals surface area (Å²) in [5.74, 6) is 0.196. The van der Waals surface area contributed by atoms with E-state index in [-0.39, 0.29) is 24.7 Å². The van der Waals surface area contributed by atoms with Crippen molar-refractivity contribution in [2.45, 2.75) is 86.3 Å². The summed E-state index contributed by atoms with van der Waals surface area (Å²) in [5.41, 5.74) is 15.2. The van der Waals surface area contributed by atoms with Crippen LogP contribution in [0.4, 0.5) is 0 Å². The Hall–Kier alpha value is -4.73. The minimum absolute atomic E-state index is 0.190. The summed E-state index contributed by atoms with van der Waals surface area (Å²) in [6, 6.07) is 51.2. The van der Waals surface area contributed by atoms with E-state index in [1.165, 1.54) is 22.3 Å². The maximum absolute atomic E-state index is 14.1. The van der Waals surface area contributed by atoms with E-state index >= 15 is 0 Å². The molecule has 0 aliphatic heterocycles. The van der Waals surface area contributed by atoms with Gasteiger partial charge in [0.1, 0.15) is 0 Å². The standard InChI is InChI=1S/2C25H23.C6H11BN2O2.2ClH.Zr/c2*1-3-18(2)22-13-7-8-14-23(22)24-15-9-12-20-16-21(17-25(20)24)19-10-5-4-6-11-19;1-3-5(10)8-7-9-6(11)4-2;;;/h2*4-18H,3H2,1-2H3;3-4H2,1-2H3,(H-,8,9,10,11);2*1H;/q;;;;;+1/p-1. The van der Waals surface area contributed by atoms with E-state index in [4.69, 9.17) is 0 Å². The first-order chi connectivity index (χ1) is 30.9. The van der Waals surface area contributed by atoms with Crippen LogP contribution in [0.2, 0.25) is 0 Å². The summed E-state index contributed by atoms with van der Waals surface area (Å²) >= 11 is -6.37. The number of halogens is 2. The SMILES string of the molecule is CCC(=O)N[B](NC(=O)CC)[Zr]([Cl])([Cl])([CH]1C(c2ccccc2)=Cc2c(-c3ccccc3C(C)CC)cccc21)[CH]1C(c2ccccc2)=Cc2c(-c3ccccc3C(C)CC)cccc21. The Morgan fingerprint density at radius 2 is 0.875 bits per heavy atom. The number of carbonyl (C=O) groups excluding carboxylic acids is 2. The zero-order valence-corrected chi connectivity index (χ0v) is 41.8. The number of allylic oxidation sites excluding steroid dienone is 2. The number of rotatable bonds is 15. The van der Waals surface area contributed by atoms with Crippen LogP contribution in [-0.4, -0.2) is 16.3 Å². The Balaban J connectivity index is 1.51. The summed E-state index contributed by atoms with van der Waals surface area (Å²) < 4.78 is -2.24. The predicted molar refractivity (Wildman–Crippen MR) is 270 cm³/mol. The second kappa shape index (κ2) is 19.0. The van der Waals surface area contributed by atoms with Gasteiger partial charge in [-0.05, 0) is 0 Å². The van der Waals surface area contributed by atoms with Crippen molar-refractivity contribution < 1.29 is 25.8 Å². The number of nitrogens with one attached hydrogen (secondary N) is 2. The molecule has 2 aliphatic rings. The molecule has 0 bridgehead atoms. The van der Waals surface area contributed by atoms with Gasteiger partial charge in [-0.15, -0.1) is 0 Å². The number of amides is 2. The Morgan fingerprint density at radius 1 is 0.516 bits per heavy atom. The molecule has 0 aromatic heterocycles. The molecular formula is C56H58BCl2N2O2Zr. The molecule has 0 saturated heterocycles. The Labute approximate surface area is 388 Å². The Morgan fingerprint density at radius 3 is 1.25 bits per heavy atom. The van der Waals surface area contributed by atoms with Gasteiger partial charge in [-0.1, -0.05) is 0 Å². The van der Waals surface area contributed by atoms with Crippen molar-refractivity contribution in [1.82, 2.24) is 10.5 Å². The van der Waals surface area contributed by atoms with Gasteiger partial charge in [-0.2, -0.15) is 0 Å². The molecule has 2 N–H and O–H groups in total. The molecule has 0 saturated carbocycles. The third-order valence-electron chi connectivity index (χ3n) is 14.0. The molecule has 4 atom stereocenters. The molecule has 6 aromatic rings. The molecule has 6 aromatic carbocycles. The van der Waals surface area contributed by atoms with Gasteiger partial charge in [0.15, 0.2) is 0 Å². The second-order valence-corrected chi connectivity index (χ2v) is 39.1. The fraction of sp³-hybridized carbons (Fsp3) is 0.250. The zero-order valence-electron chi connectivity index (χ0n) is 37.8. The molecule has 2 amide bonds. The van der Waals surface area contributed by atoms with Crippen molar-refractivity contribution in [1.29, 1.82) is 0 Å². The van der Waals surface area contributed by atoms with E-state index in [0.29, 0.717) is 11.8 Å². The van der Waals surface area contributed by atoms with Crippen LogP contribution >= 0.6 is 17.0 Å². The van der Waals surface area contributed by atoms with Gasteiger partial charge in [0.2, 0.25) is 0 Å². The zero-order chi connectivity index (χ0) is 45.2. The van der Waals surface area contributed by atoms with Crippen molar-refractivity contribution in [3.05, 3.63) is 190 Å². The number of hydrogen-bond acceptors (Lipinski definition) is 2.